The number of furan rings is 2. The maximum absolute atomic E-state index is 7.07. The van der Waals surface area contributed by atoms with Gasteiger partial charge in [-0.25, -0.2) is 15.0 Å². The highest BCUT2D eigenvalue weighted by molar-refractivity contribution is 6.23. The molecule has 0 N–H and O–H groups in total. The summed E-state index contributed by atoms with van der Waals surface area (Å²) in [6, 6.07) is 62.1. The van der Waals surface area contributed by atoms with E-state index in [1.165, 1.54) is 0 Å². The molecule has 0 unspecified atom stereocenters. The molecule has 11 rings (SSSR count). The first-order valence-corrected chi connectivity index (χ1v) is 18.3. The highest BCUT2D eigenvalue weighted by atomic mass is 16.3. The van der Waals surface area contributed by atoms with Crippen LogP contribution in [0.4, 0.5) is 17.1 Å². The Morgan fingerprint density at radius 2 is 0.982 bits per heavy atom. The molecule has 0 radical (unpaired) electrons. The van der Waals surface area contributed by atoms with Crippen molar-refractivity contribution in [3.05, 3.63) is 182 Å². The number of para-hydroxylation sites is 3. The van der Waals surface area contributed by atoms with Crippen LogP contribution >= 0.6 is 0 Å². The third kappa shape index (κ3) is 5.15. The molecule has 0 atom stereocenters. The van der Waals surface area contributed by atoms with Crippen LogP contribution in [0.1, 0.15) is 0 Å². The van der Waals surface area contributed by atoms with Gasteiger partial charge in [-0.3, -0.25) is 0 Å². The van der Waals surface area contributed by atoms with Gasteiger partial charge in [-0.05, 0) is 47.9 Å². The van der Waals surface area contributed by atoms with Crippen molar-refractivity contribution in [2.24, 2.45) is 0 Å². The molecule has 0 spiro atoms. The Kier molecular flexibility index (Phi) is 7.07. The summed E-state index contributed by atoms with van der Waals surface area (Å²) in [6.45, 7) is 0. The molecule has 0 amide bonds. The fraction of sp³-hybridized carbons (Fsp3) is 0. The molecular weight excluding hydrogens is 677 g/mol. The summed E-state index contributed by atoms with van der Waals surface area (Å²) in [5, 5.41) is 6.22. The van der Waals surface area contributed by atoms with Crippen LogP contribution in [0.25, 0.3) is 88.8 Å². The fourth-order valence-corrected chi connectivity index (χ4v) is 7.75. The minimum absolute atomic E-state index is 0.540. The largest absolute Gasteiger partial charge is 0.456 e. The van der Waals surface area contributed by atoms with Crippen LogP contribution in [0.5, 0.6) is 0 Å². The van der Waals surface area contributed by atoms with Gasteiger partial charge >= 0.3 is 0 Å². The summed E-state index contributed by atoms with van der Waals surface area (Å²) in [4.78, 5) is 17.4. The van der Waals surface area contributed by atoms with Crippen molar-refractivity contribution in [3.63, 3.8) is 0 Å². The molecule has 0 fully saturated rings. The van der Waals surface area contributed by atoms with E-state index in [1.807, 2.05) is 91.0 Å². The molecule has 11 aromatic rings. The van der Waals surface area contributed by atoms with Gasteiger partial charge in [0.05, 0.1) is 16.6 Å². The van der Waals surface area contributed by atoms with Gasteiger partial charge in [0.1, 0.15) is 22.3 Å². The molecule has 258 valence electrons. The maximum Gasteiger partial charge on any atom is 0.167 e. The summed E-state index contributed by atoms with van der Waals surface area (Å²) < 4.78 is 13.5. The topological polar surface area (TPSA) is 68.2 Å². The first-order chi connectivity index (χ1) is 27.3. The zero-order valence-electron chi connectivity index (χ0n) is 29.4. The Morgan fingerprint density at radius 1 is 0.382 bits per heavy atom. The van der Waals surface area contributed by atoms with Crippen molar-refractivity contribution in [2.45, 2.75) is 0 Å². The van der Waals surface area contributed by atoms with Crippen LogP contribution in [-0.2, 0) is 0 Å². The van der Waals surface area contributed by atoms with E-state index >= 15 is 0 Å². The molecule has 55 heavy (non-hydrogen) atoms. The van der Waals surface area contributed by atoms with Crippen molar-refractivity contribution in [3.8, 4) is 34.2 Å². The second-order valence-corrected chi connectivity index (χ2v) is 13.6. The lowest BCUT2D eigenvalue weighted by molar-refractivity contribution is 0.669. The lowest BCUT2D eigenvalue weighted by atomic mass is 10.0. The van der Waals surface area contributed by atoms with Gasteiger partial charge in [0.15, 0.2) is 17.5 Å². The normalized spacial score (nSPS) is 11.6. The quantitative estimate of drug-likeness (QED) is 0.171. The molecular formula is C49H30N4O2. The van der Waals surface area contributed by atoms with E-state index in [0.29, 0.717) is 23.1 Å². The van der Waals surface area contributed by atoms with E-state index in [1.54, 1.807) is 0 Å². The zero-order valence-corrected chi connectivity index (χ0v) is 29.4. The van der Waals surface area contributed by atoms with E-state index in [0.717, 1.165) is 82.8 Å². The molecule has 3 aromatic heterocycles. The minimum Gasteiger partial charge on any atom is -0.456 e. The predicted molar refractivity (Wildman–Crippen MR) is 223 cm³/mol. The average Bonchev–Trinajstić information content (AvgIpc) is 3.84. The number of benzene rings is 8. The van der Waals surface area contributed by atoms with Crippen LogP contribution in [0.3, 0.4) is 0 Å². The molecule has 0 aliphatic heterocycles. The Morgan fingerprint density at radius 3 is 1.73 bits per heavy atom. The SMILES string of the molecule is c1ccc(-c2nc(-c3ccccc3)nc(-c3cccc4c3oc3c5ccccc5cc(N(c5ccccc5)c5ccc6c(c5)oc5ccccc56)c43)n2)cc1. The zero-order chi connectivity index (χ0) is 36.3. The number of nitrogens with zero attached hydrogens (tertiary/aromatic N) is 4. The molecule has 6 heteroatoms. The summed E-state index contributed by atoms with van der Waals surface area (Å²) >= 11 is 0. The van der Waals surface area contributed by atoms with Crippen molar-refractivity contribution in [1.29, 1.82) is 0 Å². The third-order valence-corrected chi connectivity index (χ3v) is 10.3. The number of fused-ring (bicyclic) bond motifs is 8. The second-order valence-electron chi connectivity index (χ2n) is 13.6. The molecule has 8 aromatic carbocycles. The Hall–Kier alpha value is -7.57. The number of rotatable bonds is 6. The predicted octanol–water partition coefficient (Wildman–Crippen LogP) is 13.3. The van der Waals surface area contributed by atoms with Crippen molar-refractivity contribution >= 4 is 71.7 Å². The fourth-order valence-electron chi connectivity index (χ4n) is 7.75. The van der Waals surface area contributed by atoms with E-state index in [2.05, 4.69) is 95.9 Å². The van der Waals surface area contributed by atoms with E-state index in [4.69, 9.17) is 23.8 Å². The molecule has 0 bridgehead atoms. The second kappa shape index (κ2) is 12.5. The first-order valence-electron chi connectivity index (χ1n) is 18.3. The Bertz CT molecular complexity index is 3150. The van der Waals surface area contributed by atoms with Gasteiger partial charge in [0, 0.05) is 50.1 Å². The smallest absolute Gasteiger partial charge is 0.167 e. The molecule has 0 saturated carbocycles. The Labute approximate surface area is 315 Å². The molecule has 0 aliphatic rings. The number of anilines is 3. The van der Waals surface area contributed by atoms with E-state index < -0.39 is 0 Å². The molecule has 6 nitrogen and oxygen atoms in total. The van der Waals surface area contributed by atoms with Crippen molar-refractivity contribution in [2.75, 3.05) is 4.90 Å². The molecule has 0 saturated heterocycles. The van der Waals surface area contributed by atoms with Crippen molar-refractivity contribution in [1.82, 2.24) is 15.0 Å². The van der Waals surface area contributed by atoms with Gasteiger partial charge in [0.25, 0.3) is 0 Å². The standard InChI is InChI=1S/C49H30N4O2/c1-4-15-31(16-5-1)47-50-48(32-17-6-2-7-18-32)52-49(51-47)40-25-14-24-39-44-41(29-33-19-10-11-22-36(33)46(44)55-45(39)40)53(34-20-8-3-9-21-34)35-27-28-38-37-23-12-13-26-42(37)54-43(38)30-35/h1-30H. The maximum atomic E-state index is 7.07. The van der Waals surface area contributed by atoms with Crippen molar-refractivity contribution < 1.29 is 8.83 Å². The average molecular weight is 707 g/mol. The molecule has 0 aliphatic carbocycles. The summed E-state index contributed by atoms with van der Waals surface area (Å²) in [5.74, 6) is 1.73. The van der Waals surface area contributed by atoms with Gasteiger partial charge in [0.2, 0.25) is 0 Å². The minimum atomic E-state index is 0.540. The lowest BCUT2D eigenvalue weighted by Crippen LogP contribution is -2.10. The lowest BCUT2D eigenvalue weighted by Gasteiger charge is -2.26. The number of aromatic nitrogens is 3. The molecule has 3 heterocycles. The van der Waals surface area contributed by atoms with Crippen LogP contribution in [0.15, 0.2) is 191 Å². The van der Waals surface area contributed by atoms with Gasteiger partial charge in [-0.15, -0.1) is 0 Å². The van der Waals surface area contributed by atoms with Crippen LogP contribution in [0.2, 0.25) is 0 Å². The summed E-state index contributed by atoms with van der Waals surface area (Å²) in [6.07, 6.45) is 0. The summed E-state index contributed by atoms with van der Waals surface area (Å²) in [5.41, 5.74) is 8.77. The van der Waals surface area contributed by atoms with E-state index in [-0.39, 0.29) is 0 Å². The van der Waals surface area contributed by atoms with E-state index in [9.17, 15) is 0 Å². The van der Waals surface area contributed by atoms with Crippen LogP contribution in [0, 0.1) is 0 Å². The van der Waals surface area contributed by atoms with Crippen LogP contribution in [-0.4, -0.2) is 15.0 Å². The summed E-state index contributed by atoms with van der Waals surface area (Å²) in [7, 11) is 0. The van der Waals surface area contributed by atoms with Gasteiger partial charge in [-0.2, -0.15) is 0 Å². The van der Waals surface area contributed by atoms with Gasteiger partial charge < -0.3 is 13.7 Å². The Balaban J connectivity index is 1.19. The third-order valence-electron chi connectivity index (χ3n) is 10.3. The number of hydrogen-bond acceptors (Lipinski definition) is 6. The monoisotopic (exact) mass is 706 g/mol. The number of hydrogen-bond donors (Lipinski definition) is 0. The first kappa shape index (κ1) is 31.0. The van der Waals surface area contributed by atoms with Gasteiger partial charge in [-0.1, -0.05) is 133 Å². The highest BCUT2D eigenvalue weighted by Gasteiger charge is 2.25. The highest BCUT2D eigenvalue weighted by Crippen LogP contribution is 2.48. The van der Waals surface area contributed by atoms with Crippen LogP contribution < -0.4 is 4.90 Å².